The first-order valence-electron chi connectivity index (χ1n) is 6.97. The Morgan fingerprint density at radius 1 is 1.45 bits per heavy atom. The van der Waals surface area contributed by atoms with Gasteiger partial charge in [-0.3, -0.25) is 11.3 Å². The van der Waals surface area contributed by atoms with Crippen LogP contribution in [0.3, 0.4) is 0 Å². The second kappa shape index (κ2) is 5.91. The van der Waals surface area contributed by atoms with Gasteiger partial charge in [-0.2, -0.15) is 0 Å². The van der Waals surface area contributed by atoms with Crippen LogP contribution in [0.5, 0.6) is 0 Å². The molecule has 0 bridgehead atoms. The smallest absolute Gasteiger partial charge is 0.111 e. The van der Waals surface area contributed by atoms with Crippen LogP contribution < -0.4 is 11.3 Å². The number of aryl methyl sites for hydroxylation is 1. The lowest BCUT2D eigenvalue weighted by Crippen LogP contribution is -2.54. The summed E-state index contributed by atoms with van der Waals surface area (Å²) in [6.07, 6.45) is 1.60. The third-order valence-electron chi connectivity index (χ3n) is 4.37. The molecule has 5 heteroatoms. The molecule has 0 saturated heterocycles. The van der Waals surface area contributed by atoms with Gasteiger partial charge in [-0.15, -0.1) is 0 Å². The Balaban J connectivity index is 2.32. The standard InChI is InChI=1S/C15H24N4O/c1-5-15(2,20-4)13(18-16)10-14-17-11-8-6-7-9-12(11)19(14)3/h6-9,13,18H,5,10,16H2,1-4H3. The number of methoxy groups -OCH3 is 1. The van der Waals surface area contributed by atoms with Gasteiger partial charge in [0.2, 0.25) is 0 Å². The summed E-state index contributed by atoms with van der Waals surface area (Å²) in [6, 6.07) is 8.14. The van der Waals surface area contributed by atoms with Crippen molar-refractivity contribution in [1.29, 1.82) is 0 Å². The van der Waals surface area contributed by atoms with Crippen molar-refractivity contribution < 1.29 is 4.74 Å². The summed E-state index contributed by atoms with van der Waals surface area (Å²) in [6.45, 7) is 4.17. The Kier molecular flexibility index (Phi) is 4.42. The van der Waals surface area contributed by atoms with Gasteiger partial charge in [0.05, 0.1) is 22.7 Å². The quantitative estimate of drug-likeness (QED) is 0.623. The van der Waals surface area contributed by atoms with E-state index in [2.05, 4.69) is 29.9 Å². The zero-order valence-corrected chi connectivity index (χ0v) is 12.7. The van der Waals surface area contributed by atoms with Crippen LogP contribution in [0, 0.1) is 0 Å². The third kappa shape index (κ3) is 2.57. The van der Waals surface area contributed by atoms with Crippen molar-refractivity contribution >= 4 is 11.0 Å². The Morgan fingerprint density at radius 2 is 2.15 bits per heavy atom. The average Bonchev–Trinajstić information content (AvgIpc) is 2.81. The Bertz CT molecular complexity index is 574. The van der Waals surface area contributed by atoms with E-state index in [0.717, 1.165) is 29.7 Å². The number of imidazole rings is 1. The second-order valence-corrected chi connectivity index (χ2v) is 5.37. The van der Waals surface area contributed by atoms with Crippen molar-refractivity contribution in [2.24, 2.45) is 12.9 Å². The van der Waals surface area contributed by atoms with Crippen molar-refractivity contribution in [2.45, 2.75) is 38.3 Å². The van der Waals surface area contributed by atoms with Crippen LogP contribution in [0.25, 0.3) is 11.0 Å². The minimum absolute atomic E-state index is 0.00742. The van der Waals surface area contributed by atoms with Crippen LogP contribution in [-0.4, -0.2) is 28.3 Å². The van der Waals surface area contributed by atoms with Crippen molar-refractivity contribution in [3.8, 4) is 0 Å². The van der Waals surface area contributed by atoms with Gasteiger partial charge in [-0.05, 0) is 25.5 Å². The van der Waals surface area contributed by atoms with Crippen LogP contribution in [0.15, 0.2) is 24.3 Å². The largest absolute Gasteiger partial charge is 0.377 e. The molecular formula is C15H24N4O. The van der Waals surface area contributed by atoms with E-state index >= 15 is 0 Å². The minimum Gasteiger partial charge on any atom is -0.377 e. The first kappa shape index (κ1) is 15.0. The number of fused-ring (bicyclic) bond motifs is 1. The summed E-state index contributed by atoms with van der Waals surface area (Å²) >= 11 is 0. The van der Waals surface area contributed by atoms with E-state index in [1.54, 1.807) is 7.11 Å². The van der Waals surface area contributed by atoms with Gasteiger partial charge >= 0.3 is 0 Å². The topological polar surface area (TPSA) is 65.1 Å². The molecule has 0 spiro atoms. The molecule has 2 unspecified atom stereocenters. The van der Waals surface area contributed by atoms with Crippen LogP contribution in [0.4, 0.5) is 0 Å². The van der Waals surface area contributed by atoms with Crippen LogP contribution in [0.1, 0.15) is 26.1 Å². The zero-order valence-electron chi connectivity index (χ0n) is 12.7. The van der Waals surface area contributed by atoms with E-state index in [4.69, 9.17) is 15.6 Å². The molecule has 20 heavy (non-hydrogen) atoms. The lowest BCUT2D eigenvalue weighted by molar-refractivity contribution is -0.0294. The van der Waals surface area contributed by atoms with E-state index in [1.165, 1.54) is 0 Å². The Labute approximate surface area is 120 Å². The molecule has 0 aliphatic carbocycles. The molecule has 0 fully saturated rings. The molecule has 0 radical (unpaired) electrons. The molecule has 2 atom stereocenters. The van der Waals surface area contributed by atoms with E-state index in [0.29, 0.717) is 0 Å². The van der Waals surface area contributed by atoms with Gasteiger partial charge in [-0.1, -0.05) is 19.1 Å². The summed E-state index contributed by atoms with van der Waals surface area (Å²) < 4.78 is 7.76. The number of hydrogen-bond donors (Lipinski definition) is 2. The number of nitrogens with zero attached hydrogens (tertiary/aromatic N) is 2. The maximum atomic E-state index is 5.74. The first-order chi connectivity index (χ1) is 9.55. The van der Waals surface area contributed by atoms with Crippen LogP contribution >= 0.6 is 0 Å². The van der Waals surface area contributed by atoms with Gasteiger partial charge in [0.15, 0.2) is 0 Å². The average molecular weight is 276 g/mol. The lowest BCUT2D eigenvalue weighted by Gasteiger charge is -2.35. The normalized spacial score (nSPS) is 16.2. The summed E-state index contributed by atoms with van der Waals surface area (Å²) in [5.74, 6) is 6.74. The Morgan fingerprint density at radius 3 is 2.70 bits per heavy atom. The highest BCUT2D eigenvalue weighted by atomic mass is 16.5. The Hall–Kier alpha value is -1.43. The van der Waals surface area contributed by atoms with Gasteiger partial charge in [-0.25, -0.2) is 4.98 Å². The zero-order chi connectivity index (χ0) is 14.8. The van der Waals surface area contributed by atoms with E-state index < -0.39 is 0 Å². The fourth-order valence-electron chi connectivity index (χ4n) is 2.54. The van der Waals surface area contributed by atoms with Crippen molar-refractivity contribution in [2.75, 3.05) is 7.11 Å². The molecule has 110 valence electrons. The summed E-state index contributed by atoms with van der Waals surface area (Å²) in [7, 11) is 3.76. The van der Waals surface area contributed by atoms with Gasteiger partial charge in [0.25, 0.3) is 0 Å². The fourth-order valence-corrected chi connectivity index (χ4v) is 2.54. The highest BCUT2D eigenvalue weighted by molar-refractivity contribution is 5.75. The summed E-state index contributed by atoms with van der Waals surface area (Å²) in [4.78, 5) is 4.69. The van der Waals surface area contributed by atoms with E-state index in [-0.39, 0.29) is 11.6 Å². The maximum Gasteiger partial charge on any atom is 0.111 e. The molecule has 1 aromatic carbocycles. The minimum atomic E-state index is -0.313. The molecule has 1 aromatic heterocycles. The predicted molar refractivity (Wildman–Crippen MR) is 81.2 cm³/mol. The number of benzene rings is 1. The first-order valence-corrected chi connectivity index (χ1v) is 6.97. The second-order valence-electron chi connectivity index (χ2n) is 5.37. The monoisotopic (exact) mass is 276 g/mol. The number of hydrogen-bond acceptors (Lipinski definition) is 4. The number of nitrogens with one attached hydrogen (secondary N) is 1. The summed E-state index contributed by atoms with van der Waals surface area (Å²) in [5.41, 5.74) is 4.72. The molecule has 0 aliphatic rings. The van der Waals surface area contributed by atoms with Gasteiger partial charge in [0, 0.05) is 20.6 Å². The SMILES string of the molecule is CCC(C)(OC)C(Cc1nc2ccccc2n1C)NN. The van der Waals surface area contributed by atoms with Gasteiger partial charge < -0.3 is 9.30 Å². The van der Waals surface area contributed by atoms with E-state index in [1.807, 2.05) is 25.2 Å². The van der Waals surface area contributed by atoms with Crippen molar-refractivity contribution in [1.82, 2.24) is 15.0 Å². The lowest BCUT2D eigenvalue weighted by atomic mass is 9.91. The predicted octanol–water partition coefficient (Wildman–Crippen LogP) is 1.76. The fraction of sp³-hybridized carbons (Fsp3) is 0.533. The number of aromatic nitrogens is 2. The highest BCUT2D eigenvalue weighted by Crippen LogP contribution is 2.23. The molecule has 3 N–H and O–H groups in total. The maximum absolute atomic E-state index is 5.74. The molecular weight excluding hydrogens is 252 g/mol. The highest BCUT2D eigenvalue weighted by Gasteiger charge is 2.33. The number of rotatable bonds is 6. The molecule has 1 heterocycles. The molecule has 0 aliphatic heterocycles. The van der Waals surface area contributed by atoms with Crippen molar-refractivity contribution in [3.05, 3.63) is 30.1 Å². The van der Waals surface area contributed by atoms with Gasteiger partial charge in [0.1, 0.15) is 5.82 Å². The van der Waals surface area contributed by atoms with E-state index in [9.17, 15) is 0 Å². The molecule has 5 nitrogen and oxygen atoms in total. The van der Waals surface area contributed by atoms with Crippen LogP contribution in [0.2, 0.25) is 0 Å². The number of hydrazine groups is 1. The molecule has 2 rings (SSSR count). The number of para-hydroxylation sites is 2. The summed E-state index contributed by atoms with van der Waals surface area (Å²) in [5, 5.41) is 0. The molecule has 0 saturated carbocycles. The number of nitrogens with two attached hydrogens (primary N) is 1. The van der Waals surface area contributed by atoms with Crippen LogP contribution in [-0.2, 0) is 18.2 Å². The molecule has 0 amide bonds. The third-order valence-corrected chi connectivity index (χ3v) is 4.37. The molecule has 2 aromatic rings. The number of ether oxygens (including phenoxy) is 1. The van der Waals surface area contributed by atoms with Crippen molar-refractivity contribution in [3.63, 3.8) is 0 Å².